The third-order valence-electron chi connectivity index (χ3n) is 3.43. The van der Waals surface area contributed by atoms with Crippen LogP contribution in [0.15, 0.2) is 36.7 Å². The minimum absolute atomic E-state index is 0.156. The van der Waals surface area contributed by atoms with Crippen molar-refractivity contribution in [1.29, 1.82) is 0 Å². The molecule has 0 unspecified atom stereocenters. The van der Waals surface area contributed by atoms with E-state index in [1.807, 2.05) is 24.3 Å². The van der Waals surface area contributed by atoms with Crippen LogP contribution in [0, 0.1) is 0 Å². The highest BCUT2D eigenvalue weighted by Gasteiger charge is 2.24. The van der Waals surface area contributed by atoms with Crippen molar-refractivity contribution in [3.63, 3.8) is 0 Å². The lowest BCUT2D eigenvalue weighted by molar-refractivity contribution is 0.0945. The summed E-state index contributed by atoms with van der Waals surface area (Å²) < 4.78 is 5.12. The zero-order valence-corrected chi connectivity index (χ0v) is 12.4. The number of amides is 1. The first-order chi connectivity index (χ1) is 10.7. The molecule has 1 heterocycles. The van der Waals surface area contributed by atoms with Gasteiger partial charge in [-0.1, -0.05) is 12.1 Å². The molecule has 1 aromatic carbocycles. The Hall–Kier alpha value is -2.63. The molecule has 0 radical (unpaired) electrons. The molecular formula is C16H18N4O2. The molecule has 0 saturated heterocycles. The summed E-state index contributed by atoms with van der Waals surface area (Å²) in [4.78, 5) is 20.2. The van der Waals surface area contributed by atoms with Crippen molar-refractivity contribution in [3.05, 3.63) is 47.9 Å². The van der Waals surface area contributed by atoms with E-state index < -0.39 is 0 Å². The molecule has 0 atom stereocenters. The molecule has 6 nitrogen and oxygen atoms in total. The first-order valence-electron chi connectivity index (χ1n) is 7.24. The van der Waals surface area contributed by atoms with Crippen molar-refractivity contribution in [2.45, 2.75) is 25.4 Å². The minimum atomic E-state index is -0.156. The van der Waals surface area contributed by atoms with E-state index in [0.29, 0.717) is 24.1 Å². The maximum absolute atomic E-state index is 11.8. The number of anilines is 1. The van der Waals surface area contributed by atoms with Gasteiger partial charge >= 0.3 is 0 Å². The molecule has 1 aromatic heterocycles. The molecule has 6 heteroatoms. The standard InChI is InChI=1S/C16H18N4O2/c1-22-13-6-2-11(3-7-13)8-18-15-10-17-14(9-19-15)16(21)20-12-4-5-12/h2-3,6-7,9-10,12H,4-5,8H2,1H3,(H,18,19)(H,20,21). The van der Waals surface area contributed by atoms with E-state index in [1.54, 1.807) is 13.3 Å². The van der Waals surface area contributed by atoms with Crippen LogP contribution < -0.4 is 15.4 Å². The zero-order chi connectivity index (χ0) is 15.4. The molecule has 0 bridgehead atoms. The van der Waals surface area contributed by atoms with Crippen LogP contribution in [-0.4, -0.2) is 29.0 Å². The number of carbonyl (C=O) groups excluding carboxylic acids is 1. The molecule has 2 N–H and O–H groups in total. The number of rotatable bonds is 6. The highest BCUT2D eigenvalue weighted by Crippen LogP contribution is 2.19. The first-order valence-corrected chi connectivity index (χ1v) is 7.24. The Labute approximate surface area is 128 Å². The second-order valence-electron chi connectivity index (χ2n) is 5.24. The SMILES string of the molecule is COc1ccc(CNc2cnc(C(=O)NC3CC3)cn2)cc1. The van der Waals surface area contributed by atoms with Crippen LogP contribution in [0.4, 0.5) is 5.82 Å². The van der Waals surface area contributed by atoms with E-state index in [2.05, 4.69) is 20.6 Å². The van der Waals surface area contributed by atoms with Crippen molar-refractivity contribution in [1.82, 2.24) is 15.3 Å². The van der Waals surface area contributed by atoms with Crippen LogP contribution >= 0.6 is 0 Å². The second-order valence-corrected chi connectivity index (χ2v) is 5.24. The van der Waals surface area contributed by atoms with Crippen LogP contribution in [0.5, 0.6) is 5.75 Å². The van der Waals surface area contributed by atoms with Crippen molar-refractivity contribution < 1.29 is 9.53 Å². The molecule has 1 aliphatic carbocycles. The van der Waals surface area contributed by atoms with Gasteiger partial charge in [-0.25, -0.2) is 9.97 Å². The molecule has 2 aromatic rings. The van der Waals surface area contributed by atoms with Gasteiger partial charge in [-0.3, -0.25) is 4.79 Å². The average molecular weight is 298 g/mol. The number of hydrogen-bond donors (Lipinski definition) is 2. The van der Waals surface area contributed by atoms with E-state index in [-0.39, 0.29) is 5.91 Å². The molecule has 22 heavy (non-hydrogen) atoms. The monoisotopic (exact) mass is 298 g/mol. The quantitative estimate of drug-likeness (QED) is 0.853. The first kappa shape index (κ1) is 14.3. The lowest BCUT2D eigenvalue weighted by Gasteiger charge is -2.07. The molecule has 0 aliphatic heterocycles. The Morgan fingerprint density at radius 1 is 1.23 bits per heavy atom. The van der Waals surface area contributed by atoms with Gasteiger partial charge in [-0.2, -0.15) is 0 Å². The molecular weight excluding hydrogens is 280 g/mol. The minimum Gasteiger partial charge on any atom is -0.497 e. The Morgan fingerprint density at radius 3 is 2.59 bits per heavy atom. The van der Waals surface area contributed by atoms with E-state index in [0.717, 1.165) is 24.2 Å². The third kappa shape index (κ3) is 3.72. The summed E-state index contributed by atoms with van der Waals surface area (Å²) in [6, 6.07) is 8.11. The molecule has 1 amide bonds. The number of ether oxygens (including phenoxy) is 1. The number of nitrogens with zero attached hydrogens (tertiary/aromatic N) is 2. The normalized spacial score (nSPS) is 13.5. The summed E-state index contributed by atoms with van der Waals surface area (Å²) in [5, 5.41) is 6.06. The second kappa shape index (κ2) is 6.43. The maximum Gasteiger partial charge on any atom is 0.271 e. The van der Waals surface area contributed by atoms with Crippen LogP contribution in [0.1, 0.15) is 28.9 Å². The van der Waals surface area contributed by atoms with Crippen LogP contribution in [-0.2, 0) is 6.54 Å². The number of methoxy groups -OCH3 is 1. The summed E-state index contributed by atoms with van der Waals surface area (Å²) in [6.07, 6.45) is 5.18. The van der Waals surface area contributed by atoms with Gasteiger partial charge in [0.1, 0.15) is 17.3 Å². The van der Waals surface area contributed by atoms with Crippen molar-refractivity contribution >= 4 is 11.7 Å². The Morgan fingerprint density at radius 2 is 2.00 bits per heavy atom. The molecule has 1 fully saturated rings. The van der Waals surface area contributed by atoms with Gasteiger partial charge in [-0.05, 0) is 30.5 Å². The lowest BCUT2D eigenvalue weighted by atomic mass is 10.2. The van der Waals surface area contributed by atoms with Gasteiger partial charge in [0, 0.05) is 12.6 Å². The number of aromatic nitrogens is 2. The third-order valence-corrected chi connectivity index (χ3v) is 3.43. The maximum atomic E-state index is 11.8. The van der Waals surface area contributed by atoms with Gasteiger partial charge in [0.15, 0.2) is 0 Å². The molecule has 3 rings (SSSR count). The Balaban J connectivity index is 1.54. The topological polar surface area (TPSA) is 76.1 Å². The predicted octanol–water partition coefficient (Wildman–Crippen LogP) is 1.99. The average Bonchev–Trinajstić information content (AvgIpc) is 3.38. The number of nitrogens with one attached hydrogen (secondary N) is 2. The number of benzene rings is 1. The summed E-state index contributed by atoms with van der Waals surface area (Å²) in [6.45, 7) is 0.631. The van der Waals surface area contributed by atoms with Crippen LogP contribution in [0.25, 0.3) is 0 Å². The van der Waals surface area contributed by atoms with Gasteiger partial charge in [0.05, 0.1) is 19.5 Å². The highest BCUT2D eigenvalue weighted by molar-refractivity contribution is 5.92. The lowest BCUT2D eigenvalue weighted by Crippen LogP contribution is -2.26. The smallest absolute Gasteiger partial charge is 0.271 e. The van der Waals surface area contributed by atoms with E-state index in [9.17, 15) is 4.79 Å². The van der Waals surface area contributed by atoms with Gasteiger partial charge in [0.2, 0.25) is 0 Å². The summed E-state index contributed by atoms with van der Waals surface area (Å²) in [5.74, 6) is 1.31. The fraction of sp³-hybridized carbons (Fsp3) is 0.312. The molecule has 1 saturated carbocycles. The molecule has 1 aliphatic rings. The largest absolute Gasteiger partial charge is 0.497 e. The van der Waals surface area contributed by atoms with Gasteiger partial charge < -0.3 is 15.4 Å². The van der Waals surface area contributed by atoms with E-state index in [1.165, 1.54) is 6.20 Å². The van der Waals surface area contributed by atoms with Crippen LogP contribution in [0.3, 0.4) is 0 Å². The molecule has 114 valence electrons. The van der Waals surface area contributed by atoms with Gasteiger partial charge in [0.25, 0.3) is 5.91 Å². The van der Waals surface area contributed by atoms with Crippen molar-refractivity contribution in [2.75, 3.05) is 12.4 Å². The summed E-state index contributed by atoms with van der Waals surface area (Å²) in [7, 11) is 1.64. The summed E-state index contributed by atoms with van der Waals surface area (Å²) >= 11 is 0. The van der Waals surface area contributed by atoms with Crippen molar-refractivity contribution in [2.24, 2.45) is 0 Å². The fourth-order valence-corrected chi connectivity index (χ4v) is 1.96. The zero-order valence-electron chi connectivity index (χ0n) is 12.4. The Bertz CT molecular complexity index is 636. The highest BCUT2D eigenvalue weighted by atomic mass is 16.5. The van der Waals surface area contributed by atoms with Crippen LogP contribution in [0.2, 0.25) is 0 Å². The predicted molar refractivity (Wildman–Crippen MR) is 82.8 cm³/mol. The number of hydrogen-bond acceptors (Lipinski definition) is 5. The Kier molecular flexibility index (Phi) is 4.18. The molecule has 0 spiro atoms. The van der Waals surface area contributed by atoms with Crippen molar-refractivity contribution in [3.8, 4) is 5.75 Å². The van der Waals surface area contributed by atoms with E-state index >= 15 is 0 Å². The summed E-state index contributed by atoms with van der Waals surface area (Å²) in [5.41, 5.74) is 1.46. The fourth-order valence-electron chi connectivity index (χ4n) is 1.96. The van der Waals surface area contributed by atoms with Gasteiger partial charge in [-0.15, -0.1) is 0 Å². The van der Waals surface area contributed by atoms with E-state index in [4.69, 9.17) is 4.74 Å². The number of carbonyl (C=O) groups is 1.